The topological polar surface area (TPSA) is 46.9 Å². The number of benzene rings is 2. The average Bonchev–Trinajstić information content (AvgIpc) is 3.13. The molecule has 4 heteroatoms. The summed E-state index contributed by atoms with van der Waals surface area (Å²) >= 11 is 0. The van der Waals surface area contributed by atoms with E-state index in [1.807, 2.05) is 43.3 Å². The van der Waals surface area contributed by atoms with Crippen molar-refractivity contribution in [3.05, 3.63) is 84.2 Å². The second-order valence-electron chi connectivity index (χ2n) is 7.34. The van der Waals surface area contributed by atoms with Gasteiger partial charge < -0.3 is 5.32 Å². The Morgan fingerprint density at radius 1 is 1.08 bits per heavy atom. The van der Waals surface area contributed by atoms with Crippen LogP contribution in [-0.4, -0.2) is 21.7 Å². The number of nitrogens with zero attached hydrogens (tertiary/aromatic N) is 2. The molecule has 2 aromatic carbocycles. The Hall–Kier alpha value is -2.88. The van der Waals surface area contributed by atoms with E-state index in [-0.39, 0.29) is 17.4 Å². The normalized spacial score (nSPS) is 12.6. The average molecular weight is 347 g/mol. The lowest BCUT2D eigenvalue weighted by Crippen LogP contribution is -2.37. The number of carbonyl (C=O) groups excluding carboxylic acids is 1. The van der Waals surface area contributed by atoms with Gasteiger partial charge in [0.15, 0.2) is 0 Å². The van der Waals surface area contributed by atoms with Gasteiger partial charge in [-0.2, -0.15) is 5.10 Å². The minimum absolute atomic E-state index is 0.0117. The molecule has 0 saturated heterocycles. The number of amides is 1. The van der Waals surface area contributed by atoms with E-state index in [0.29, 0.717) is 5.56 Å². The van der Waals surface area contributed by atoms with Crippen LogP contribution in [0.15, 0.2) is 73.1 Å². The SMILES string of the molecule is CC(CC(C)(C)c1ccccc1)NC(=O)c1cnn(-c2ccccc2)c1. The van der Waals surface area contributed by atoms with E-state index in [0.717, 1.165) is 12.1 Å². The molecule has 0 aliphatic heterocycles. The fourth-order valence-electron chi connectivity index (χ4n) is 3.29. The predicted molar refractivity (Wildman–Crippen MR) is 105 cm³/mol. The summed E-state index contributed by atoms with van der Waals surface area (Å²) < 4.78 is 1.72. The zero-order valence-corrected chi connectivity index (χ0v) is 15.5. The first-order valence-corrected chi connectivity index (χ1v) is 8.92. The first-order chi connectivity index (χ1) is 12.5. The Balaban J connectivity index is 1.64. The van der Waals surface area contributed by atoms with Gasteiger partial charge in [0.25, 0.3) is 5.91 Å². The van der Waals surface area contributed by atoms with Gasteiger partial charge in [0.2, 0.25) is 0 Å². The van der Waals surface area contributed by atoms with Gasteiger partial charge >= 0.3 is 0 Å². The summed E-state index contributed by atoms with van der Waals surface area (Å²) in [5.74, 6) is -0.0939. The number of carbonyl (C=O) groups is 1. The lowest BCUT2D eigenvalue weighted by Gasteiger charge is -2.29. The molecule has 0 aliphatic carbocycles. The maximum atomic E-state index is 12.6. The Morgan fingerprint density at radius 2 is 1.69 bits per heavy atom. The van der Waals surface area contributed by atoms with Crippen molar-refractivity contribution in [3.63, 3.8) is 0 Å². The Kier molecular flexibility index (Phi) is 5.21. The molecule has 3 rings (SSSR count). The van der Waals surface area contributed by atoms with Crippen molar-refractivity contribution in [2.24, 2.45) is 0 Å². The lowest BCUT2D eigenvalue weighted by atomic mass is 9.79. The molecule has 0 radical (unpaired) electrons. The molecule has 4 nitrogen and oxygen atoms in total. The summed E-state index contributed by atoms with van der Waals surface area (Å²) in [4.78, 5) is 12.6. The largest absolute Gasteiger partial charge is 0.349 e. The van der Waals surface area contributed by atoms with Crippen molar-refractivity contribution < 1.29 is 4.79 Å². The molecule has 1 amide bonds. The molecular weight excluding hydrogens is 322 g/mol. The van der Waals surface area contributed by atoms with Crippen LogP contribution in [0.1, 0.15) is 43.1 Å². The van der Waals surface area contributed by atoms with E-state index in [1.165, 1.54) is 5.56 Å². The summed E-state index contributed by atoms with van der Waals surface area (Å²) in [6.45, 7) is 6.46. The van der Waals surface area contributed by atoms with Gasteiger partial charge in [-0.3, -0.25) is 4.79 Å². The third-order valence-electron chi connectivity index (χ3n) is 4.61. The van der Waals surface area contributed by atoms with Crippen molar-refractivity contribution in [1.29, 1.82) is 0 Å². The molecule has 0 aliphatic rings. The predicted octanol–water partition coefficient (Wildman–Crippen LogP) is 4.36. The summed E-state index contributed by atoms with van der Waals surface area (Å²) in [6.07, 6.45) is 4.23. The van der Waals surface area contributed by atoms with Crippen LogP contribution in [0.2, 0.25) is 0 Å². The van der Waals surface area contributed by atoms with Gasteiger partial charge in [0.1, 0.15) is 0 Å². The monoisotopic (exact) mass is 347 g/mol. The minimum atomic E-state index is -0.0939. The van der Waals surface area contributed by atoms with Crippen LogP contribution in [0.5, 0.6) is 0 Å². The molecule has 0 fully saturated rings. The van der Waals surface area contributed by atoms with Crippen molar-refractivity contribution in [1.82, 2.24) is 15.1 Å². The van der Waals surface area contributed by atoms with Crippen molar-refractivity contribution >= 4 is 5.91 Å². The summed E-state index contributed by atoms with van der Waals surface area (Å²) in [5.41, 5.74) is 2.77. The van der Waals surface area contributed by atoms with Gasteiger partial charge in [-0.05, 0) is 36.5 Å². The first kappa shape index (κ1) is 17.9. The first-order valence-electron chi connectivity index (χ1n) is 8.92. The number of aromatic nitrogens is 2. The molecule has 1 aromatic heterocycles. The Morgan fingerprint density at radius 3 is 2.35 bits per heavy atom. The highest BCUT2D eigenvalue weighted by Gasteiger charge is 2.24. The zero-order valence-electron chi connectivity index (χ0n) is 15.5. The van der Waals surface area contributed by atoms with Gasteiger partial charge in [-0.25, -0.2) is 4.68 Å². The maximum Gasteiger partial charge on any atom is 0.254 e. The van der Waals surface area contributed by atoms with Crippen LogP contribution in [0.4, 0.5) is 0 Å². The molecule has 1 heterocycles. The van der Waals surface area contributed by atoms with Crippen LogP contribution in [-0.2, 0) is 5.41 Å². The molecular formula is C22H25N3O. The fraction of sp³-hybridized carbons (Fsp3) is 0.273. The maximum absolute atomic E-state index is 12.6. The van der Waals surface area contributed by atoms with E-state index in [4.69, 9.17) is 0 Å². The minimum Gasteiger partial charge on any atom is -0.349 e. The molecule has 1 N–H and O–H groups in total. The highest BCUT2D eigenvalue weighted by molar-refractivity contribution is 5.93. The summed E-state index contributed by atoms with van der Waals surface area (Å²) in [7, 11) is 0. The Labute approximate surface area is 154 Å². The molecule has 0 saturated carbocycles. The van der Waals surface area contributed by atoms with E-state index < -0.39 is 0 Å². The van der Waals surface area contributed by atoms with Gasteiger partial charge in [0.05, 0.1) is 17.4 Å². The van der Waals surface area contributed by atoms with Gasteiger partial charge in [-0.1, -0.05) is 62.4 Å². The van der Waals surface area contributed by atoms with Crippen LogP contribution in [0.3, 0.4) is 0 Å². The van der Waals surface area contributed by atoms with Crippen molar-refractivity contribution in [2.75, 3.05) is 0 Å². The van der Waals surface area contributed by atoms with Crippen LogP contribution in [0.25, 0.3) is 5.69 Å². The summed E-state index contributed by atoms with van der Waals surface area (Å²) in [6, 6.07) is 20.2. The number of para-hydroxylation sites is 1. The fourth-order valence-corrected chi connectivity index (χ4v) is 3.29. The zero-order chi connectivity index (χ0) is 18.6. The number of rotatable bonds is 6. The molecule has 1 unspecified atom stereocenters. The van der Waals surface area contributed by atoms with Crippen molar-refractivity contribution in [3.8, 4) is 5.69 Å². The third kappa shape index (κ3) is 4.20. The number of hydrogen-bond acceptors (Lipinski definition) is 2. The molecule has 0 bridgehead atoms. The van der Waals surface area contributed by atoms with Gasteiger partial charge in [-0.15, -0.1) is 0 Å². The van der Waals surface area contributed by atoms with Crippen molar-refractivity contribution in [2.45, 2.75) is 38.6 Å². The van der Waals surface area contributed by atoms with E-state index in [9.17, 15) is 4.79 Å². The van der Waals surface area contributed by atoms with E-state index in [1.54, 1.807) is 17.1 Å². The highest BCUT2D eigenvalue weighted by Crippen LogP contribution is 2.28. The standard InChI is InChI=1S/C22H25N3O/c1-17(14-22(2,3)19-10-6-4-7-11-19)24-21(26)18-15-23-25(16-18)20-12-8-5-9-13-20/h4-13,15-17H,14H2,1-3H3,(H,24,26). The quantitative estimate of drug-likeness (QED) is 0.720. The highest BCUT2D eigenvalue weighted by atomic mass is 16.1. The third-order valence-corrected chi connectivity index (χ3v) is 4.61. The Bertz CT molecular complexity index is 853. The molecule has 26 heavy (non-hydrogen) atoms. The molecule has 134 valence electrons. The van der Waals surface area contributed by atoms with Crippen LogP contribution < -0.4 is 5.32 Å². The summed E-state index contributed by atoms with van der Waals surface area (Å²) in [5, 5.41) is 7.39. The molecule has 3 aromatic rings. The molecule has 1 atom stereocenters. The second kappa shape index (κ2) is 7.56. The molecule has 0 spiro atoms. The van der Waals surface area contributed by atoms with Gasteiger partial charge in [0, 0.05) is 12.2 Å². The second-order valence-corrected chi connectivity index (χ2v) is 7.34. The smallest absolute Gasteiger partial charge is 0.254 e. The van der Waals surface area contributed by atoms with Crippen LogP contribution in [0, 0.1) is 0 Å². The van der Waals surface area contributed by atoms with E-state index in [2.05, 4.69) is 48.5 Å². The van der Waals surface area contributed by atoms with E-state index >= 15 is 0 Å². The number of nitrogens with one attached hydrogen (secondary N) is 1. The number of hydrogen-bond donors (Lipinski definition) is 1. The lowest BCUT2D eigenvalue weighted by molar-refractivity contribution is 0.0934. The van der Waals surface area contributed by atoms with Crippen LogP contribution >= 0.6 is 0 Å².